The summed E-state index contributed by atoms with van der Waals surface area (Å²) in [6.45, 7) is 6.56. The van der Waals surface area contributed by atoms with Crippen LogP contribution in [0.5, 0.6) is 0 Å². The molecule has 1 aliphatic carbocycles. The Morgan fingerprint density at radius 2 is 1.57 bits per heavy atom. The molecule has 0 radical (unpaired) electrons. The maximum absolute atomic E-state index is 12.2. The largest absolute Gasteiger partial charge is 0.480 e. The first-order chi connectivity index (χ1) is 10.5. The van der Waals surface area contributed by atoms with Gasteiger partial charge in [-0.2, -0.15) is 0 Å². The van der Waals surface area contributed by atoms with Crippen LogP contribution >= 0.6 is 0 Å². The third-order valence-electron chi connectivity index (χ3n) is 5.46. The number of rotatable bonds is 4. The van der Waals surface area contributed by atoms with Gasteiger partial charge in [-0.05, 0) is 46.1 Å². The number of carboxylic acids is 1. The van der Waals surface area contributed by atoms with E-state index in [9.17, 15) is 20.1 Å². The van der Waals surface area contributed by atoms with Gasteiger partial charge in [0.15, 0.2) is 0 Å². The van der Waals surface area contributed by atoms with E-state index in [0.29, 0.717) is 12.0 Å². The minimum Gasteiger partial charge on any atom is -0.480 e. The number of aliphatic carboxylic acids is 1. The summed E-state index contributed by atoms with van der Waals surface area (Å²) in [6, 6.07) is 9.01. The molecule has 3 N–H and O–H groups in total. The summed E-state index contributed by atoms with van der Waals surface area (Å²) in [6.07, 6.45) is 4.02. The van der Waals surface area contributed by atoms with Gasteiger partial charge in [0.2, 0.25) is 0 Å². The number of carbonyl (C=O) groups is 1. The highest BCUT2D eigenvalue weighted by molar-refractivity contribution is 5.84. The van der Waals surface area contributed by atoms with Crippen LogP contribution in [0.15, 0.2) is 42.5 Å². The average molecular weight is 318 g/mol. The molecule has 1 aromatic rings. The maximum atomic E-state index is 12.2. The molecule has 0 saturated heterocycles. The molecule has 126 valence electrons. The van der Waals surface area contributed by atoms with Gasteiger partial charge in [0.25, 0.3) is 0 Å². The van der Waals surface area contributed by atoms with E-state index < -0.39 is 28.0 Å². The number of hydrogen-bond donors (Lipinski definition) is 3. The first kappa shape index (κ1) is 17.7. The van der Waals surface area contributed by atoms with E-state index in [4.69, 9.17) is 0 Å². The van der Waals surface area contributed by atoms with Crippen LogP contribution < -0.4 is 0 Å². The SMILES string of the molecule is CC(C)(O)C1(C(C)(C)O)CC=CC(C(=O)O)(c2ccccc2)C1. The number of aliphatic hydroxyl groups is 2. The Kier molecular flexibility index (Phi) is 4.20. The van der Waals surface area contributed by atoms with Crippen LogP contribution in [-0.2, 0) is 10.2 Å². The molecule has 1 unspecified atom stereocenters. The standard InChI is InChI=1S/C19H26O4/c1-16(2,22)19(17(3,4)23)12-8-11-18(13-19,15(20)21)14-9-6-5-7-10-14/h5-11,22-23H,12-13H2,1-4H3,(H,20,21). The summed E-state index contributed by atoms with van der Waals surface area (Å²) in [7, 11) is 0. The fourth-order valence-electron chi connectivity index (χ4n) is 3.95. The number of allylic oxidation sites excluding steroid dienone is 1. The zero-order valence-corrected chi connectivity index (χ0v) is 14.2. The summed E-state index contributed by atoms with van der Waals surface area (Å²) < 4.78 is 0. The molecule has 0 heterocycles. The molecule has 0 fully saturated rings. The summed E-state index contributed by atoms with van der Waals surface area (Å²) in [5.41, 5.74) is -4.08. The molecule has 1 aliphatic rings. The van der Waals surface area contributed by atoms with Gasteiger partial charge < -0.3 is 15.3 Å². The van der Waals surface area contributed by atoms with E-state index in [-0.39, 0.29) is 6.42 Å². The van der Waals surface area contributed by atoms with Crippen molar-refractivity contribution in [1.82, 2.24) is 0 Å². The van der Waals surface area contributed by atoms with Crippen molar-refractivity contribution in [3.05, 3.63) is 48.0 Å². The average Bonchev–Trinajstić information content (AvgIpc) is 2.45. The van der Waals surface area contributed by atoms with Gasteiger partial charge in [0.05, 0.1) is 11.2 Å². The summed E-state index contributed by atoms with van der Waals surface area (Å²) >= 11 is 0. The molecule has 0 spiro atoms. The molecule has 0 aliphatic heterocycles. The van der Waals surface area contributed by atoms with Crippen molar-refractivity contribution < 1.29 is 20.1 Å². The van der Waals surface area contributed by atoms with E-state index >= 15 is 0 Å². The van der Waals surface area contributed by atoms with Crippen molar-refractivity contribution in [2.75, 3.05) is 0 Å². The molecule has 4 nitrogen and oxygen atoms in total. The van der Waals surface area contributed by atoms with Crippen molar-refractivity contribution in [3.8, 4) is 0 Å². The number of benzene rings is 1. The van der Waals surface area contributed by atoms with Gasteiger partial charge in [0, 0.05) is 5.41 Å². The van der Waals surface area contributed by atoms with Crippen LogP contribution in [0.4, 0.5) is 0 Å². The van der Waals surface area contributed by atoms with E-state index in [1.165, 1.54) is 0 Å². The second-order valence-electron chi connectivity index (χ2n) is 7.63. The molecule has 23 heavy (non-hydrogen) atoms. The quantitative estimate of drug-likeness (QED) is 0.746. The molecule has 1 aromatic carbocycles. The predicted octanol–water partition coefficient (Wildman–Crippen LogP) is 2.89. The lowest BCUT2D eigenvalue weighted by atomic mass is 9.52. The number of hydrogen-bond acceptors (Lipinski definition) is 3. The van der Waals surface area contributed by atoms with Crippen molar-refractivity contribution in [3.63, 3.8) is 0 Å². The van der Waals surface area contributed by atoms with Crippen molar-refractivity contribution in [2.45, 2.75) is 57.2 Å². The third kappa shape index (κ3) is 2.70. The Morgan fingerprint density at radius 1 is 1.04 bits per heavy atom. The van der Waals surface area contributed by atoms with Gasteiger partial charge in [-0.3, -0.25) is 4.79 Å². The third-order valence-corrected chi connectivity index (χ3v) is 5.46. The Bertz CT molecular complexity index is 590. The highest BCUT2D eigenvalue weighted by atomic mass is 16.4. The van der Waals surface area contributed by atoms with Gasteiger partial charge in [0.1, 0.15) is 5.41 Å². The van der Waals surface area contributed by atoms with Crippen LogP contribution in [-0.4, -0.2) is 32.5 Å². The molecule has 1 atom stereocenters. The monoisotopic (exact) mass is 318 g/mol. The molecule has 2 rings (SSSR count). The molecular formula is C19H26O4. The van der Waals surface area contributed by atoms with E-state index in [2.05, 4.69) is 0 Å². The van der Waals surface area contributed by atoms with E-state index in [0.717, 1.165) is 0 Å². The molecule has 0 bridgehead atoms. The van der Waals surface area contributed by atoms with Crippen LogP contribution in [0.2, 0.25) is 0 Å². The Hall–Kier alpha value is -1.65. The first-order valence-electron chi connectivity index (χ1n) is 7.88. The van der Waals surface area contributed by atoms with E-state index in [1.54, 1.807) is 64.1 Å². The zero-order chi connectivity index (χ0) is 17.5. The van der Waals surface area contributed by atoms with E-state index in [1.807, 2.05) is 6.07 Å². The van der Waals surface area contributed by atoms with Gasteiger partial charge in [-0.25, -0.2) is 0 Å². The summed E-state index contributed by atoms with van der Waals surface area (Å²) in [5, 5.41) is 31.6. The van der Waals surface area contributed by atoms with Crippen molar-refractivity contribution in [1.29, 1.82) is 0 Å². The smallest absolute Gasteiger partial charge is 0.318 e. The summed E-state index contributed by atoms with van der Waals surface area (Å²) in [4.78, 5) is 12.2. The maximum Gasteiger partial charge on any atom is 0.318 e. The summed E-state index contributed by atoms with van der Waals surface area (Å²) in [5.74, 6) is -0.975. The fourth-order valence-corrected chi connectivity index (χ4v) is 3.95. The highest BCUT2D eigenvalue weighted by Crippen LogP contribution is 2.55. The zero-order valence-electron chi connectivity index (χ0n) is 14.2. The van der Waals surface area contributed by atoms with Gasteiger partial charge in [-0.15, -0.1) is 0 Å². The van der Waals surface area contributed by atoms with Crippen LogP contribution in [0.3, 0.4) is 0 Å². The predicted molar refractivity (Wildman–Crippen MR) is 89.2 cm³/mol. The molecule has 0 amide bonds. The van der Waals surface area contributed by atoms with Gasteiger partial charge >= 0.3 is 5.97 Å². The van der Waals surface area contributed by atoms with Gasteiger partial charge in [-0.1, -0.05) is 42.5 Å². The first-order valence-corrected chi connectivity index (χ1v) is 7.88. The minimum absolute atomic E-state index is 0.128. The molecule has 4 heteroatoms. The second-order valence-corrected chi connectivity index (χ2v) is 7.63. The Labute approximate surface area is 137 Å². The lowest BCUT2D eigenvalue weighted by Gasteiger charge is -2.55. The minimum atomic E-state index is -1.26. The second kappa shape index (κ2) is 5.46. The van der Waals surface area contributed by atoms with Crippen LogP contribution in [0.25, 0.3) is 0 Å². The molecule has 0 saturated carbocycles. The van der Waals surface area contributed by atoms with Crippen LogP contribution in [0, 0.1) is 5.41 Å². The topological polar surface area (TPSA) is 77.8 Å². The van der Waals surface area contributed by atoms with Crippen molar-refractivity contribution in [2.24, 2.45) is 5.41 Å². The molecule has 0 aromatic heterocycles. The fraction of sp³-hybridized carbons (Fsp3) is 0.526. The normalized spacial score (nSPS) is 24.4. The Balaban J connectivity index is 2.67. The molecular weight excluding hydrogens is 292 g/mol. The number of carboxylic acid groups (broad SMARTS) is 1. The van der Waals surface area contributed by atoms with Crippen molar-refractivity contribution >= 4 is 5.97 Å². The van der Waals surface area contributed by atoms with Crippen LogP contribution in [0.1, 0.15) is 46.1 Å². The lowest BCUT2D eigenvalue weighted by Crippen LogP contribution is -2.61. The lowest BCUT2D eigenvalue weighted by molar-refractivity contribution is -0.183. The Morgan fingerprint density at radius 3 is 2.00 bits per heavy atom. The highest BCUT2D eigenvalue weighted by Gasteiger charge is 2.60.